The lowest BCUT2D eigenvalue weighted by Gasteiger charge is -2.34. The minimum Gasteiger partial charge on any atom is -0.378 e. The van der Waals surface area contributed by atoms with Gasteiger partial charge in [0.25, 0.3) is 0 Å². The molecule has 3 heterocycles. The number of carbonyl (C=O) groups excluding carboxylic acids is 2. The average Bonchev–Trinajstić information content (AvgIpc) is 3.33. The third kappa shape index (κ3) is 6.82. The van der Waals surface area contributed by atoms with Crippen molar-refractivity contribution < 1.29 is 22.7 Å². The van der Waals surface area contributed by atoms with Crippen LogP contribution >= 0.6 is 34.7 Å². The minimum atomic E-state index is -3.64. The van der Waals surface area contributed by atoms with Gasteiger partial charge in [-0.05, 0) is 30.7 Å². The number of rotatable bonds is 10. The Morgan fingerprint density at radius 2 is 2.10 bits per heavy atom. The van der Waals surface area contributed by atoms with Crippen LogP contribution in [-0.2, 0) is 30.8 Å². The first-order valence-corrected chi connectivity index (χ1v) is 14.3. The van der Waals surface area contributed by atoms with Crippen molar-refractivity contribution in [3.63, 3.8) is 0 Å². The molecule has 0 bridgehead atoms. The first-order valence-electron chi connectivity index (χ1n) is 10.3. The molecule has 0 spiro atoms. The molecule has 2 atom stereocenters. The van der Waals surface area contributed by atoms with Crippen LogP contribution in [0.4, 0.5) is 0 Å². The Morgan fingerprint density at radius 1 is 1.35 bits per heavy atom. The molecule has 2 aliphatic heterocycles. The molecule has 2 fully saturated rings. The number of ether oxygens (including phenoxy) is 1. The second-order valence-electron chi connectivity index (χ2n) is 7.38. The van der Waals surface area contributed by atoms with Crippen molar-refractivity contribution in [2.75, 3.05) is 50.1 Å². The van der Waals surface area contributed by atoms with Crippen LogP contribution in [0.15, 0.2) is 12.1 Å². The number of sulfonamides is 1. The number of halogens is 1. The number of carbonyl (C=O) groups is 2. The van der Waals surface area contributed by atoms with E-state index >= 15 is 0 Å². The van der Waals surface area contributed by atoms with Crippen LogP contribution in [0.25, 0.3) is 0 Å². The van der Waals surface area contributed by atoms with Gasteiger partial charge in [0.2, 0.25) is 21.8 Å². The van der Waals surface area contributed by atoms with E-state index in [1.807, 2.05) is 6.92 Å². The van der Waals surface area contributed by atoms with E-state index in [0.717, 1.165) is 10.6 Å². The fraction of sp³-hybridized carbons (Fsp3) is 0.684. The Morgan fingerprint density at radius 3 is 2.74 bits per heavy atom. The average molecular weight is 510 g/mol. The van der Waals surface area contributed by atoms with Crippen LogP contribution in [0.3, 0.4) is 0 Å². The van der Waals surface area contributed by atoms with Gasteiger partial charge in [-0.1, -0.05) is 18.5 Å². The van der Waals surface area contributed by atoms with Gasteiger partial charge in [0.15, 0.2) is 0 Å². The van der Waals surface area contributed by atoms with Gasteiger partial charge in [-0.3, -0.25) is 9.59 Å². The molecule has 12 heteroatoms. The van der Waals surface area contributed by atoms with Gasteiger partial charge >= 0.3 is 0 Å². The SMILES string of the molecule is CCSC[C@@H](C(=O)N1CCOCC1)N1CC[C@H](NS(=O)(=O)CCc2ccc(Cl)s2)C1=O. The van der Waals surface area contributed by atoms with E-state index in [-0.39, 0.29) is 17.6 Å². The first-order chi connectivity index (χ1) is 14.8. The van der Waals surface area contributed by atoms with Gasteiger partial charge < -0.3 is 14.5 Å². The number of hydrogen-bond acceptors (Lipinski definition) is 7. The number of amides is 2. The number of thiophene rings is 1. The van der Waals surface area contributed by atoms with Crippen molar-refractivity contribution in [1.82, 2.24) is 14.5 Å². The smallest absolute Gasteiger partial charge is 0.246 e. The Balaban J connectivity index is 1.61. The monoisotopic (exact) mass is 509 g/mol. The highest BCUT2D eigenvalue weighted by atomic mass is 35.5. The van der Waals surface area contributed by atoms with Crippen LogP contribution in [0.5, 0.6) is 0 Å². The van der Waals surface area contributed by atoms with E-state index in [2.05, 4.69) is 4.72 Å². The molecule has 2 amide bonds. The maximum atomic E-state index is 13.1. The summed E-state index contributed by atoms with van der Waals surface area (Å²) in [5.41, 5.74) is 0. The van der Waals surface area contributed by atoms with Crippen molar-refractivity contribution in [1.29, 1.82) is 0 Å². The molecule has 0 aliphatic carbocycles. The zero-order valence-electron chi connectivity index (χ0n) is 17.4. The van der Waals surface area contributed by atoms with E-state index in [4.69, 9.17) is 16.3 Å². The van der Waals surface area contributed by atoms with Crippen LogP contribution in [0.1, 0.15) is 18.2 Å². The number of thioether (sulfide) groups is 1. The lowest BCUT2D eigenvalue weighted by molar-refractivity contribution is -0.145. The first kappa shape index (κ1) is 24.8. The molecule has 1 N–H and O–H groups in total. The largest absolute Gasteiger partial charge is 0.378 e. The van der Waals surface area contributed by atoms with E-state index in [0.29, 0.717) is 55.8 Å². The van der Waals surface area contributed by atoms with Gasteiger partial charge in [-0.25, -0.2) is 13.1 Å². The number of likely N-dealkylation sites (tertiary alicyclic amines) is 1. The molecular weight excluding hydrogens is 482 g/mol. The lowest BCUT2D eigenvalue weighted by atomic mass is 10.2. The molecule has 31 heavy (non-hydrogen) atoms. The van der Waals surface area contributed by atoms with E-state index < -0.39 is 22.1 Å². The topological polar surface area (TPSA) is 96.0 Å². The minimum absolute atomic E-state index is 0.0873. The van der Waals surface area contributed by atoms with Crippen LogP contribution in [0, 0.1) is 0 Å². The summed E-state index contributed by atoms with van der Waals surface area (Å²) >= 11 is 8.84. The lowest BCUT2D eigenvalue weighted by Crippen LogP contribution is -2.54. The van der Waals surface area contributed by atoms with Crippen molar-refractivity contribution >= 4 is 56.5 Å². The molecule has 0 aromatic carbocycles. The molecule has 0 unspecified atom stereocenters. The van der Waals surface area contributed by atoms with E-state index in [1.165, 1.54) is 11.3 Å². The number of aryl methyl sites for hydroxylation is 1. The molecule has 8 nitrogen and oxygen atoms in total. The van der Waals surface area contributed by atoms with Crippen molar-refractivity contribution in [3.8, 4) is 0 Å². The van der Waals surface area contributed by atoms with Gasteiger partial charge in [0.05, 0.1) is 23.3 Å². The summed E-state index contributed by atoms with van der Waals surface area (Å²) in [6.07, 6.45) is 0.690. The molecule has 0 radical (unpaired) electrons. The number of hydrogen-bond donors (Lipinski definition) is 1. The Hall–Kier alpha value is -0.850. The van der Waals surface area contributed by atoms with Crippen LogP contribution in [0.2, 0.25) is 4.34 Å². The normalized spacial score (nSPS) is 21.0. The second-order valence-corrected chi connectivity index (χ2v) is 12.4. The highest BCUT2D eigenvalue weighted by Gasteiger charge is 2.41. The standard InChI is InChI=1S/C19H28ClN3O5S3/c1-2-29-13-16(19(25)22-8-10-28-11-9-22)23-7-5-15(18(23)24)21-31(26,27)12-6-14-3-4-17(20)30-14/h3-4,15-16,21H,2,5-13H2,1H3/t15-,16-/m0/s1. The quantitative estimate of drug-likeness (QED) is 0.513. The number of nitrogens with one attached hydrogen (secondary N) is 1. The molecule has 2 saturated heterocycles. The molecule has 2 aliphatic rings. The number of nitrogens with zero attached hydrogens (tertiary/aromatic N) is 2. The second kappa shape index (κ2) is 11.3. The molecule has 1 aromatic heterocycles. The predicted molar refractivity (Wildman–Crippen MR) is 124 cm³/mol. The zero-order chi connectivity index (χ0) is 22.4. The molecule has 3 rings (SSSR count). The fourth-order valence-corrected chi connectivity index (χ4v) is 6.89. The summed E-state index contributed by atoms with van der Waals surface area (Å²) < 4.78 is 33.6. The van der Waals surface area contributed by atoms with Gasteiger partial charge in [-0.2, -0.15) is 11.8 Å². The van der Waals surface area contributed by atoms with Crippen molar-refractivity contribution in [3.05, 3.63) is 21.3 Å². The number of morpholine rings is 1. The summed E-state index contributed by atoms with van der Waals surface area (Å²) in [5.74, 6) is 0.797. The zero-order valence-corrected chi connectivity index (χ0v) is 20.6. The Labute approximate surface area is 196 Å². The highest BCUT2D eigenvalue weighted by Crippen LogP contribution is 2.23. The third-order valence-electron chi connectivity index (χ3n) is 5.27. The summed E-state index contributed by atoms with van der Waals surface area (Å²) in [6, 6.07) is 2.12. The van der Waals surface area contributed by atoms with Crippen molar-refractivity contribution in [2.24, 2.45) is 0 Å². The van der Waals surface area contributed by atoms with E-state index in [1.54, 1.807) is 33.7 Å². The molecule has 0 saturated carbocycles. The van der Waals surface area contributed by atoms with Crippen LogP contribution in [-0.4, -0.2) is 92.2 Å². The summed E-state index contributed by atoms with van der Waals surface area (Å²) in [4.78, 5) is 30.3. The maximum Gasteiger partial charge on any atom is 0.246 e. The van der Waals surface area contributed by atoms with E-state index in [9.17, 15) is 18.0 Å². The molecule has 174 valence electrons. The van der Waals surface area contributed by atoms with Gasteiger partial charge in [-0.15, -0.1) is 11.3 Å². The Kier molecular flexibility index (Phi) is 9.06. The predicted octanol–water partition coefficient (Wildman–Crippen LogP) is 1.44. The fourth-order valence-electron chi connectivity index (χ4n) is 3.64. The highest BCUT2D eigenvalue weighted by molar-refractivity contribution is 7.99. The Bertz CT molecular complexity index is 873. The summed E-state index contributed by atoms with van der Waals surface area (Å²) in [5, 5.41) is 0. The maximum absolute atomic E-state index is 13.1. The summed E-state index contributed by atoms with van der Waals surface area (Å²) in [7, 11) is -3.64. The van der Waals surface area contributed by atoms with Gasteiger partial charge in [0.1, 0.15) is 12.1 Å². The van der Waals surface area contributed by atoms with Gasteiger partial charge in [0, 0.05) is 30.3 Å². The van der Waals surface area contributed by atoms with Crippen LogP contribution < -0.4 is 4.72 Å². The summed E-state index contributed by atoms with van der Waals surface area (Å²) in [6.45, 7) is 4.37. The third-order valence-corrected chi connectivity index (χ3v) is 8.91. The molecule has 1 aromatic rings. The molecular formula is C19H28ClN3O5S3. The van der Waals surface area contributed by atoms with Crippen molar-refractivity contribution in [2.45, 2.75) is 31.8 Å².